The second-order valence-corrected chi connectivity index (χ2v) is 2.17. The first kappa shape index (κ1) is 12.7. The van der Waals surface area contributed by atoms with Crippen LogP contribution < -0.4 is 17.0 Å². The van der Waals surface area contributed by atoms with Crippen LogP contribution in [0, 0.1) is 6.07 Å². The van der Waals surface area contributed by atoms with Gasteiger partial charge in [-0.25, -0.2) is 0 Å². The molecule has 0 spiro atoms. The summed E-state index contributed by atoms with van der Waals surface area (Å²) in [4.78, 5) is 0. The molecule has 0 aliphatic heterocycles. The molecular weight excluding hydrogens is 242 g/mol. The summed E-state index contributed by atoms with van der Waals surface area (Å²) in [6.07, 6.45) is 1.63. The fraction of sp³-hybridized carbons (Fsp3) is 0. The minimum Gasteiger partial charge on any atom is -1.00 e. The molecule has 2 rings (SSSR count). The molecule has 0 aliphatic rings. The van der Waals surface area contributed by atoms with Crippen molar-refractivity contribution in [3.63, 3.8) is 0 Å². The molecule has 0 atom stereocenters. The molecule has 0 saturated heterocycles. The summed E-state index contributed by atoms with van der Waals surface area (Å²) in [6.45, 7) is 0. The van der Waals surface area contributed by atoms with Crippen LogP contribution in [0.25, 0.3) is 11.3 Å². The molecule has 0 aliphatic carbocycles. The molecule has 2 aromatic rings. The quantitative estimate of drug-likeness (QED) is 0.466. The SMILES string of the molecule is [Br-].[Mg+2].[c-]1ccc(-c2ccno2)cc1. The van der Waals surface area contributed by atoms with Crippen LogP contribution in [0.1, 0.15) is 0 Å². The first-order valence-corrected chi connectivity index (χ1v) is 3.34. The molecule has 13 heavy (non-hydrogen) atoms. The van der Waals surface area contributed by atoms with E-state index >= 15 is 0 Å². The van der Waals surface area contributed by atoms with Crippen molar-refractivity contribution in [1.82, 2.24) is 5.16 Å². The van der Waals surface area contributed by atoms with Crippen molar-refractivity contribution in [3.8, 4) is 11.3 Å². The Labute approximate surface area is 103 Å². The summed E-state index contributed by atoms with van der Waals surface area (Å²) < 4.78 is 4.96. The van der Waals surface area contributed by atoms with Crippen molar-refractivity contribution in [1.29, 1.82) is 0 Å². The number of benzene rings is 1. The van der Waals surface area contributed by atoms with Gasteiger partial charge in [-0.05, 0) is 0 Å². The average molecular weight is 248 g/mol. The number of hydrogen-bond donors (Lipinski definition) is 0. The second kappa shape index (κ2) is 6.18. The average Bonchev–Trinajstić information content (AvgIpc) is 2.58. The van der Waals surface area contributed by atoms with E-state index in [-0.39, 0.29) is 40.0 Å². The normalized spacial score (nSPS) is 8.31. The van der Waals surface area contributed by atoms with Gasteiger partial charge in [-0.15, -0.1) is 0 Å². The molecule has 0 amide bonds. The molecule has 1 aromatic carbocycles. The van der Waals surface area contributed by atoms with E-state index in [1.807, 2.05) is 30.3 Å². The smallest absolute Gasteiger partial charge is 1.00 e. The van der Waals surface area contributed by atoms with Crippen LogP contribution in [0.2, 0.25) is 0 Å². The molecule has 0 fully saturated rings. The predicted octanol–water partition coefficient (Wildman–Crippen LogP) is -1.24. The van der Waals surface area contributed by atoms with E-state index in [4.69, 9.17) is 4.52 Å². The van der Waals surface area contributed by atoms with Crippen molar-refractivity contribution in [3.05, 3.63) is 42.6 Å². The summed E-state index contributed by atoms with van der Waals surface area (Å²) in [6, 6.07) is 12.3. The number of aromatic nitrogens is 1. The van der Waals surface area contributed by atoms with Gasteiger partial charge in [0.15, 0.2) is 0 Å². The third kappa shape index (κ3) is 3.13. The molecule has 0 bridgehead atoms. The van der Waals surface area contributed by atoms with Crippen LogP contribution in [-0.4, -0.2) is 28.2 Å². The monoisotopic (exact) mass is 247 g/mol. The Bertz CT molecular complexity index is 323. The predicted molar refractivity (Wildman–Crippen MR) is 46.5 cm³/mol. The zero-order valence-electron chi connectivity index (χ0n) is 6.90. The topological polar surface area (TPSA) is 26.0 Å². The van der Waals surface area contributed by atoms with Crippen LogP contribution in [0.3, 0.4) is 0 Å². The van der Waals surface area contributed by atoms with Gasteiger partial charge in [0.1, 0.15) is 5.76 Å². The summed E-state index contributed by atoms with van der Waals surface area (Å²) >= 11 is 0. The number of hydrogen-bond acceptors (Lipinski definition) is 2. The van der Waals surface area contributed by atoms with E-state index in [9.17, 15) is 0 Å². The van der Waals surface area contributed by atoms with Gasteiger partial charge in [0.25, 0.3) is 0 Å². The summed E-state index contributed by atoms with van der Waals surface area (Å²) in [5.41, 5.74) is 1.03. The Kier molecular flexibility index (Phi) is 6.02. The van der Waals surface area contributed by atoms with E-state index in [0.29, 0.717) is 0 Å². The van der Waals surface area contributed by atoms with Crippen molar-refractivity contribution in [2.75, 3.05) is 0 Å². The van der Waals surface area contributed by atoms with Gasteiger partial charge in [-0.2, -0.15) is 30.3 Å². The van der Waals surface area contributed by atoms with Crippen molar-refractivity contribution in [2.24, 2.45) is 0 Å². The molecule has 2 nitrogen and oxygen atoms in total. The molecule has 1 heterocycles. The summed E-state index contributed by atoms with van der Waals surface area (Å²) in [7, 11) is 0. The molecule has 0 saturated carbocycles. The van der Waals surface area contributed by atoms with Crippen LogP contribution in [0.15, 0.2) is 41.1 Å². The van der Waals surface area contributed by atoms with E-state index in [0.717, 1.165) is 11.3 Å². The third-order valence-corrected chi connectivity index (χ3v) is 1.44. The number of halogens is 1. The van der Waals surface area contributed by atoms with Crippen LogP contribution >= 0.6 is 0 Å². The van der Waals surface area contributed by atoms with E-state index < -0.39 is 0 Å². The zero-order chi connectivity index (χ0) is 7.52. The van der Waals surface area contributed by atoms with Gasteiger partial charge in [0.05, 0.1) is 6.20 Å². The van der Waals surface area contributed by atoms with Crippen LogP contribution in [-0.2, 0) is 0 Å². The Hall–Kier alpha value is -0.324. The van der Waals surface area contributed by atoms with E-state index in [1.165, 1.54) is 0 Å². The Morgan fingerprint density at radius 3 is 2.38 bits per heavy atom. The van der Waals surface area contributed by atoms with Gasteiger partial charge >= 0.3 is 23.1 Å². The first-order chi connectivity index (χ1) is 5.47. The van der Waals surface area contributed by atoms with Crippen molar-refractivity contribution < 1.29 is 21.5 Å². The van der Waals surface area contributed by atoms with E-state index in [2.05, 4.69) is 11.2 Å². The Morgan fingerprint density at radius 2 is 1.85 bits per heavy atom. The number of nitrogens with zero attached hydrogens (tertiary/aromatic N) is 1. The van der Waals surface area contributed by atoms with Crippen molar-refractivity contribution in [2.45, 2.75) is 0 Å². The maximum Gasteiger partial charge on any atom is 2.00 e. The van der Waals surface area contributed by atoms with Gasteiger partial charge in [0, 0.05) is 6.07 Å². The largest absolute Gasteiger partial charge is 2.00 e. The summed E-state index contributed by atoms with van der Waals surface area (Å²) in [5, 5.41) is 3.61. The minimum atomic E-state index is 0. The fourth-order valence-electron chi connectivity index (χ4n) is 0.916. The maximum atomic E-state index is 4.96. The van der Waals surface area contributed by atoms with Gasteiger partial charge in [-0.1, -0.05) is 10.7 Å². The second-order valence-electron chi connectivity index (χ2n) is 2.17. The van der Waals surface area contributed by atoms with Gasteiger partial charge in [-0.3, -0.25) is 0 Å². The molecular formula is C9H6BrMgNO. The van der Waals surface area contributed by atoms with Crippen LogP contribution in [0.5, 0.6) is 0 Å². The minimum absolute atomic E-state index is 0. The fourth-order valence-corrected chi connectivity index (χ4v) is 0.916. The summed E-state index contributed by atoms with van der Waals surface area (Å²) in [5.74, 6) is 0.791. The Morgan fingerprint density at radius 1 is 1.15 bits per heavy atom. The van der Waals surface area contributed by atoms with Gasteiger partial charge in [0.2, 0.25) is 0 Å². The molecule has 0 radical (unpaired) electrons. The third-order valence-electron chi connectivity index (χ3n) is 1.44. The molecule has 4 heteroatoms. The maximum absolute atomic E-state index is 4.96. The molecule has 0 N–H and O–H groups in total. The van der Waals surface area contributed by atoms with Gasteiger partial charge < -0.3 is 21.5 Å². The standard InChI is InChI=1S/C9H6NO.BrH.Mg/c1-2-4-8(5-3-1)9-6-7-10-11-9;;/h2-7H;1H;/q-1;;+2/p-1. The zero-order valence-corrected chi connectivity index (χ0v) is 9.90. The molecule has 62 valence electrons. The first-order valence-electron chi connectivity index (χ1n) is 3.34. The number of rotatable bonds is 1. The van der Waals surface area contributed by atoms with Crippen molar-refractivity contribution >= 4 is 23.1 Å². The van der Waals surface area contributed by atoms with E-state index in [1.54, 1.807) is 6.20 Å². The van der Waals surface area contributed by atoms with Crippen LogP contribution in [0.4, 0.5) is 0 Å². The molecule has 0 unspecified atom stereocenters. The Balaban J connectivity index is 0.000000720. The molecule has 1 aromatic heterocycles.